The third-order valence-electron chi connectivity index (χ3n) is 4.85. The van der Waals surface area contributed by atoms with Gasteiger partial charge in [0.25, 0.3) is 0 Å². The maximum absolute atomic E-state index is 10.1. The van der Waals surface area contributed by atoms with Crippen molar-refractivity contribution in [1.29, 1.82) is 5.26 Å². The van der Waals surface area contributed by atoms with Gasteiger partial charge in [0.05, 0.1) is 11.5 Å². The van der Waals surface area contributed by atoms with Crippen molar-refractivity contribution in [2.24, 2.45) is 0 Å². The van der Waals surface area contributed by atoms with Gasteiger partial charge in [-0.05, 0) is 56.5 Å². The van der Waals surface area contributed by atoms with Crippen molar-refractivity contribution < 1.29 is 9.52 Å². The molecule has 2 N–H and O–H groups in total. The molecule has 0 unspecified atom stereocenters. The van der Waals surface area contributed by atoms with Crippen LogP contribution in [0.1, 0.15) is 42.9 Å². The lowest BCUT2D eigenvalue weighted by molar-refractivity contribution is 0.384. The average Bonchev–Trinajstić information content (AvgIpc) is 3.27. The second-order valence-electron chi connectivity index (χ2n) is 6.24. The van der Waals surface area contributed by atoms with E-state index in [0.717, 1.165) is 55.5 Å². The quantitative estimate of drug-likeness (QED) is 0.887. The van der Waals surface area contributed by atoms with E-state index in [1.54, 1.807) is 6.07 Å². The molecule has 4 rings (SSSR count). The highest BCUT2D eigenvalue weighted by Crippen LogP contribution is 2.46. The van der Waals surface area contributed by atoms with Crippen LogP contribution in [-0.4, -0.2) is 18.2 Å². The Morgan fingerprint density at radius 3 is 2.71 bits per heavy atom. The highest BCUT2D eigenvalue weighted by molar-refractivity contribution is 5.88. The Hall–Kier alpha value is -1.99. The lowest BCUT2D eigenvalue weighted by Crippen LogP contribution is -2.38. The van der Waals surface area contributed by atoms with Gasteiger partial charge in [-0.25, -0.2) is 0 Å². The van der Waals surface area contributed by atoms with Crippen molar-refractivity contribution >= 4 is 11.0 Å². The maximum atomic E-state index is 10.1. The van der Waals surface area contributed by atoms with E-state index in [9.17, 15) is 10.4 Å². The summed E-state index contributed by atoms with van der Waals surface area (Å²) < 4.78 is 5.87. The zero-order chi connectivity index (χ0) is 14.4. The Kier molecular flexibility index (Phi) is 2.73. The molecule has 0 bridgehead atoms. The lowest BCUT2D eigenvalue weighted by atomic mass is 9.73. The van der Waals surface area contributed by atoms with Crippen LogP contribution < -0.4 is 5.32 Å². The molecule has 2 fully saturated rings. The van der Waals surface area contributed by atoms with Gasteiger partial charge in [0, 0.05) is 11.3 Å². The monoisotopic (exact) mass is 282 g/mol. The normalized spacial score (nSPS) is 21.3. The Morgan fingerprint density at radius 1 is 1.29 bits per heavy atom. The van der Waals surface area contributed by atoms with E-state index in [4.69, 9.17) is 4.42 Å². The van der Waals surface area contributed by atoms with Gasteiger partial charge >= 0.3 is 0 Å². The van der Waals surface area contributed by atoms with Crippen LogP contribution in [0.3, 0.4) is 0 Å². The number of benzene rings is 1. The zero-order valence-corrected chi connectivity index (χ0v) is 11.9. The molecule has 1 aliphatic heterocycles. The minimum absolute atomic E-state index is 0.169. The minimum Gasteiger partial charge on any atom is -0.504 e. The number of phenols is 1. The summed E-state index contributed by atoms with van der Waals surface area (Å²) >= 11 is 0. The van der Waals surface area contributed by atoms with E-state index in [1.165, 1.54) is 0 Å². The SMILES string of the molecule is N#CC1(c2ccc(O)c3oc(C4CC4)cc23)CCNCC1. The number of fused-ring (bicyclic) bond motifs is 1. The molecule has 0 amide bonds. The predicted octanol–water partition coefficient (Wildman–Crippen LogP) is 3.16. The number of nitrogens with one attached hydrogen (secondary N) is 1. The van der Waals surface area contributed by atoms with Gasteiger partial charge in [-0.2, -0.15) is 5.26 Å². The maximum Gasteiger partial charge on any atom is 0.176 e. The Balaban J connectivity index is 1.91. The van der Waals surface area contributed by atoms with Gasteiger partial charge in [0.2, 0.25) is 0 Å². The summed E-state index contributed by atoms with van der Waals surface area (Å²) in [6.45, 7) is 1.70. The van der Waals surface area contributed by atoms with Gasteiger partial charge in [0.15, 0.2) is 11.3 Å². The van der Waals surface area contributed by atoms with Crippen molar-refractivity contribution in [1.82, 2.24) is 5.32 Å². The summed E-state index contributed by atoms with van der Waals surface area (Å²) in [5.74, 6) is 1.62. The van der Waals surface area contributed by atoms with Crippen molar-refractivity contribution in [3.05, 3.63) is 29.5 Å². The first-order valence-corrected chi connectivity index (χ1v) is 7.61. The molecule has 1 aromatic carbocycles. The predicted molar refractivity (Wildman–Crippen MR) is 79.2 cm³/mol. The highest BCUT2D eigenvalue weighted by atomic mass is 16.4. The van der Waals surface area contributed by atoms with Crippen molar-refractivity contribution in [2.45, 2.75) is 37.0 Å². The molecular weight excluding hydrogens is 264 g/mol. The number of hydrogen-bond acceptors (Lipinski definition) is 4. The van der Waals surface area contributed by atoms with Crippen LogP contribution in [0.25, 0.3) is 11.0 Å². The Bertz CT molecular complexity index is 731. The van der Waals surface area contributed by atoms with Gasteiger partial charge in [0.1, 0.15) is 5.76 Å². The zero-order valence-electron chi connectivity index (χ0n) is 11.9. The third-order valence-corrected chi connectivity index (χ3v) is 4.85. The average molecular weight is 282 g/mol. The van der Waals surface area contributed by atoms with E-state index >= 15 is 0 Å². The second kappa shape index (κ2) is 4.51. The smallest absolute Gasteiger partial charge is 0.176 e. The highest BCUT2D eigenvalue weighted by Gasteiger charge is 2.37. The molecule has 0 spiro atoms. The molecule has 2 aliphatic rings. The fraction of sp³-hybridized carbons (Fsp3) is 0.471. The molecule has 4 heteroatoms. The molecule has 2 heterocycles. The van der Waals surface area contributed by atoms with Crippen LogP contribution in [0.2, 0.25) is 0 Å². The van der Waals surface area contributed by atoms with Crippen LogP contribution in [0, 0.1) is 11.3 Å². The topological polar surface area (TPSA) is 69.2 Å². The van der Waals surface area contributed by atoms with E-state index < -0.39 is 5.41 Å². The number of nitrogens with zero attached hydrogens (tertiary/aromatic N) is 1. The lowest BCUT2D eigenvalue weighted by Gasteiger charge is -2.32. The third kappa shape index (κ3) is 1.92. The first kappa shape index (κ1) is 12.7. The summed E-state index contributed by atoms with van der Waals surface area (Å²) in [4.78, 5) is 0. The summed E-state index contributed by atoms with van der Waals surface area (Å²) in [5, 5.41) is 24.1. The Morgan fingerprint density at radius 2 is 2.05 bits per heavy atom. The molecule has 108 valence electrons. The number of furan rings is 1. The fourth-order valence-corrected chi connectivity index (χ4v) is 3.41. The molecule has 1 aromatic heterocycles. The molecule has 1 saturated heterocycles. The van der Waals surface area contributed by atoms with Crippen LogP contribution >= 0.6 is 0 Å². The van der Waals surface area contributed by atoms with E-state index in [2.05, 4.69) is 11.4 Å². The number of nitriles is 1. The van der Waals surface area contributed by atoms with Crippen LogP contribution in [0.5, 0.6) is 5.75 Å². The van der Waals surface area contributed by atoms with Gasteiger partial charge < -0.3 is 14.8 Å². The molecule has 0 atom stereocenters. The molecule has 1 aliphatic carbocycles. The molecule has 4 nitrogen and oxygen atoms in total. The first-order valence-electron chi connectivity index (χ1n) is 7.61. The number of rotatable bonds is 2. The Labute approximate surface area is 123 Å². The van der Waals surface area contributed by atoms with E-state index in [0.29, 0.717) is 11.5 Å². The largest absolute Gasteiger partial charge is 0.504 e. The summed E-state index contributed by atoms with van der Waals surface area (Å²) in [6, 6.07) is 8.15. The summed E-state index contributed by atoms with van der Waals surface area (Å²) in [6.07, 6.45) is 3.91. The van der Waals surface area contributed by atoms with Crippen LogP contribution in [-0.2, 0) is 5.41 Å². The molecular formula is C17H18N2O2. The summed E-state index contributed by atoms with van der Waals surface area (Å²) in [5.41, 5.74) is 1.08. The van der Waals surface area contributed by atoms with Crippen LogP contribution in [0.15, 0.2) is 22.6 Å². The van der Waals surface area contributed by atoms with Crippen molar-refractivity contribution in [3.8, 4) is 11.8 Å². The number of aromatic hydroxyl groups is 1. The standard InChI is InChI=1S/C17H18N2O2/c18-10-17(5-7-19-8-6-17)13-3-4-14(20)16-12(13)9-15(21-16)11-1-2-11/h3-4,9,11,19-20H,1-2,5-8H2. The minimum atomic E-state index is -0.470. The first-order chi connectivity index (χ1) is 10.2. The number of hydrogen-bond donors (Lipinski definition) is 2. The van der Waals surface area contributed by atoms with Gasteiger partial charge in [-0.1, -0.05) is 6.07 Å². The van der Waals surface area contributed by atoms with Crippen molar-refractivity contribution in [2.75, 3.05) is 13.1 Å². The molecule has 21 heavy (non-hydrogen) atoms. The van der Waals surface area contributed by atoms with Crippen LogP contribution in [0.4, 0.5) is 0 Å². The fourth-order valence-electron chi connectivity index (χ4n) is 3.41. The molecule has 1 saturated carbocycles. The van der Waals surface area contributed by atoms with Gasteiger partial charge in [-0.15, -0.1) is 0 Å². The van der Waals surface area contributed by atoms with E-state index in [-0.39, 0.29) is 5.75 Å². The second-order valence-corrected chi connectivity index (χ2v) is 6.24. The number of piperidine rings is 1. The van der Waals surface area contributed by atoms with Gasteiger partial charge in [-0.3, -0.25) is 0 Å². The molecule has 2 aromatic rings. The number of phenolic OH excluding ortho intramolecular Hbond substituents is 1. The van der Waals surface area contributed by atoms with E-state index in [1.807, 2.05) is 12.1 Å². The van der Waals surface area contributed by atoms with Crippen molar-refractivity contribution in [3.63, 3.8) is 0 Å². The molecule has 0 radical (unpaired) electrons. The summed E-state index contributed by atoms with van der Waals surface area (Å²) in [7, 11) is 0.